The normalized spacial score (nSPS) is 19.8. The van der Waals surface area contributed by atoms with E-state index in [-0.39, 0.29) is 0 Å². The monoisotopic (exact) mass is 219 g/mol. The van der Waals surface area contributed by atoms with Gasteiger partial charge in [-0.2, -0.15) is 0 Å². The van der Waals surface area contributed by atoms with Crippen LogP contribution in [0.25, 0.3) is 0 Å². The van der Waals surface area contributed by atoms with Gasteiger partial charge in [0, 0.05) is 12.6 Å². The summed E-state index contributed by atoms with van der Waals surface area (Å²) in [6, 6.07) is 6.46. The summed E-state index contributed by atoms with van der Waals surface area (Å²) < 4.78 is 0. The van der Waals surface area contributed by atoms with Crippen LogP contribution >= 0.6 is 0 Å². The van der Waals surface area contributed by atoms with Crippen LogP contribution < -0.4 is 5.32 Å². The molecule has 0 amide bonds. The van der Waals surface area contributed by atoms with E-state index in [9.17, 15) is 5.11 Å². The molecule has 2 rings (SSSR count). The maximum absolute atomic E-state index is 9.83. The number of phenolic OH excluding ortho intramolecular Hbond substituents is 1. The third-order valence-electron chi connectivity index (χ3n) is 3.38. The van der Waals surface area contributed by atoms with Crippen molar-refractivity contribution in [3.63, 3.8) is 0 Å². The fourth-order valence-electron chi connectivity index (χ4n) is 2.52. The van der Waals surface area contributed by atoms with Crippen LogP contribution in [0.3, 0.4) is 0 Å². The summed E-state index contributed by atoms with van der Waals surface area (Å²) in [6.07, 6.45) is 3.45. The van der Waals surface area contributed by atoms with Crippen LogP contribution in [0.2, 0.25) is 0 Å². The molecule has 0 fully saturated rings. The highest BCUT2D eigenvalue weighted by molar-refractivity contribution is 5.42. The molecule has 1 unspecified atom stereocenters. The average molecular weight is 219 g/mol. The van der Waals surface area contributed by atoms with E-state index in [1.165, 1.54) is 24.0 Å². The Hall–Kier alpha value is -1.02. The highest BCUT2D eigenvalue weighted by Gasteiger charge is 2.21. The van der Waals surface area contributed by atoms with E-state index in [4.69, 9.17) is 0 Å². The molecule has 88 valence electrons. The number of hydrogen-bond donors (Lipinski definition) is 2. The first-order valence-electron chi connectivity index (χ1n) is 6.22. The summed E-state index contributed by atoms with van der Waals surface area (Å²) in [6.45, 7) is 5.37. The van der Waals surface area contributed by atoms with E-state index in [1.54, 1.807) is 6.07 Å². The fraction of sp³-hybridized carbons (Fsp3) is 0.571. The lowest BCUT2D eigenvalue weighted by Crippen LogP contribution is -2.29. The van der Waals surface area contributed by atoms with Gasteiger partial charge in [-0.05, 0) is 42.4 Å². The zero-order chi connectivity index (χ0) is 11.5. The van der Waals surface area contributed by atoms with E-state index in [0.717, 1.165) is 13.0 Å². The standard InChI is InChI=1S/C14H21NO/c1-10(2)15-9-11-5-3-7-13-12(11)6-4-8-14(13)16/h4,6,8,10-11,15-16H,3,5,7,9H2,1-2H3. The van der Waals surface area contributed by atoms with Crippen molar-refractivity contribution in [3.8, 4) is 5.75 Å². The predicted octanol–water partition coefficient (Wildman–Crippen LogP) is 2.81. The number of benzene rings is 1. The number of fused-ring (bicyclic) bond motifs is 1. The van der Waals surface area contributed by atoms with Crippen LogP contribution in [0.5, 0.6) is 5.75 Å². The van der Waals surface area contributed by atoms with Crippen LogP contribution in [-0.2, 0) is 6.42 Å². The van der Waals surface area contributed by atoms with Gasteiger partial charge in [-0.3, -0.25) is 0 Å². The van der Waals surface area contributed by atoms with Gasteiger partial charge in [0.1, 0.15) is 5.75 Å². The predicted molar refractivity (Wildman–Crippen MR) is 66.9 cm³/mol. The summed E-state index contributed by atoms with van der Waals surface area (Å²) >= 11 is 0. The van der Waals surface area contributed by atoms with E-state index in [0.29, 0.717) is 17.7 Å². The van der Waals surface area contributed by atoms with Gasteiger partial charge in [0.15, 0.2) is 0 Å². The van der Waals surface area contributed by atoms with Crippen LogP contribution in [-0.4, -0.2) is 17.7 Å². The highest BCUT2D eigenvalue weighted by atomic mass is 16.3. The fourth-order valence-corrected chi connectivity index (χ4v) is 2.52. The largest absolute Gasteiger partial charge is 0.508 e. The second kappa shape index (κ2) is 4.88. The van der Waals surface area contributed by atoms with E-state index in [2.05, 4.69) is 25.2 Å². The van der Waals surface area contributed by atoms with Gasteiger partial charge in [0.2, 0.25) is 0 Å². The number of hydrogen-bond acceptors (Lipinski definition) is 2. The van der Waals surface area contributed by atoms with Crippen molar-refractivity contribution in [2.24, 2.45) is 0 Å². The van der Waals surface area contributed by atoms with Crippen molar-refractivity contribution in [1.29, 1.82) is 0 Å². The quantitative estimate of drug-likeness (QED) is 0.819. The Morgan fingerprint density at radius 3 is 3.00 bits per heavy atom. The van der Waals surface area contributed by atoms with Crippen LogP contribution in [0.1, 0.15) is 43.7 Å². The third-order valence-corrected chi connectivity index (χ3v) is 3.38. The molecule has 1 aliphatic rings. The second-order valence-corrected chi connectivity index (χ2v) is 5.00. The van der Waals surface area contributed by atoms with Gasteiger partial charge in [-0.15, -0.1) is 0 Å². The minimum atomic E-state index is 0.478. The van der Waals surface area contributed by atoms with Crippen molar-refractivity contribution in [2.75, 3.05) is 6.54 Å². The molecule has 1 aliphatic carbocycles. The molecule has 0 radical (unpaired) electrons. The molecule has 2 nitrogen and oxygen atoms in total. The maximum Gasteiger partial charge on any atom is 0.119 e. The lowest BCUT2D eigenvalue weighted by molar-refractivity contribution is 0.442. The Balaban J connectivity index is 2.16. The molecule has 0 aliphatic heterocycles. The Bertz CT molecular complexity index is 360. The molecular weight excluding hydrogens is 198 g/mol. The summed E-state index contributed by atoms with van der Waals surface area (Å²) in [5.74, 6) is 1.05. The zero-order valence-electron chi connectivity index (χ0n) is 10.2. The first-order chi connectivity index (χ1) is 7.68. The lowest BCUT2D eigenvalue weighted by Gasteiger charge is -2.27. The topological polar surface area (TPSA) is 32.3 Å². The third kappa shape index (κ3) is 2.38. The molecule has 1 atom stereocenters. The number of nitrogens with one attached hydrogen (secondary N) is 1. The molecule has 0 saturated carbocycles. The molecule has 2 N–H and O–H groups in total. The Morgan fingerprint density at radius 2 is 2.25 bits per heavy atom. The number of rotatable bonds is 3. The highest BCUT2D eigenvalue weighted by Crippen LogP contribution is 2.35. The van der Waals surface area contributed by atoms with E-state index >= 15 is 0 Å². The first-order valence-corrected chi connectivity index (χ1v) is 6.22. The molecule has 0 spiro atoms. The Kier molecular flexibility index (Phi) is 3.49. The summed E-state index contributed by atoms with van der Waals surface area (Å²) in [7, 11) is 0. The van der Waals surface area contributed by atoms with Gasteiger partial charge in [-0.25, -0.2) is 0 Å². The second-order valence-electron chi connectivity index (χ2n) is 5.00. The molecular formula is C14H21NO. The van der Waals surface area contributed by atoms with Crippen molar-refractivity contribution >= 4 is 0 Å². The summed E-state index contributed by atoms with van der Waals surface area (Å²) in [5.41, 5.74) is 2.52. The molecule has 16 heavy (non-hydrogen) atoms. The van der Waals surface area contributed by atoms with Gasteiger partial charge in [-0.1, -0.05) is 26.0 Å². The lowest BCUT2D eigenvalue weighted by atomic mass is 9.82. The summed E-state index contributed by atoms with van der Waals surface area (Å²) in [5, 5.41) is 13.3. The van der Waals surface area contributed by atoms with Crippen molar-refractivity contribution in [2.45, 2.75) is 45.1 Å². The minimum absolute atomic E-state index is 0.478. The van der Waals surface area contributed by atoms with Crippen LogP contribution in [0.15, 0.2) is 18.2 Å². The van der Waals surface area contributed by atoms with Crippen molar-refractivity contribution in [1.82, 2.24) is 5.32 Å². The molecule has 0 heterocycles. The maximum atomic E-state index is 9.83. The molecule has 0 aromatic heterocycles. The minimum Gasteiger partial charge on any atom is -0.508 e. The number of phenols is 1. The van der Waals surface area contributed by atoms with Crippen molar-refractivity contribution < 1.29 is 5.11 Å². The van der Waals surface area contributed by atoms with Crippen molar-refractivity contribution in [3.05, 3.63) is 29.3 Å². The summed E-state index contributed by atoms with van der Waals surface area (Å²) in [4.78, 5) is 0. The van der Waals surface area contributed by atoms with Gasteiger partial charge in [0.05, 0.1) is 0 Å². The Labute approximate surface area is 97.7 Å². The van der Waals surface area contributed by atoms with Crippen LogP contribution in [0, 0.1) is 0 Å². The smallest absolute Gasteiger partial charge is 0.119 e. The molecule has 0 bridgehead atoms. The SMILES string of the molecule is CC(C)NCC1CCCc2c(O)cccc21. The van der Waals surface area contributed by atoms with Gasteiger partial charge < -0.3 is 10.4 Å². The van der Waals surface area contributed by atoms with Gasteiger partial charge >= 0.3 is 0 Å². The molecule has 0 saturated heterocycles. The van der Waals surface area contributed by atoms with Crippen LogP contribution in [0.4, 0.5) is 0 Å². The first kappa shape index (κ1) is 11.5. The Morgan fingerprint density at radius 1 is 1.44 bits per heavy atom. The average Bonchev–Trinajstić information content (AvgIpc) is 2.27. The van der Waals surface area contributed by atoms with E-state index in [1.807, 2.05) is 6.07 Å². The molecule has 1 aromatic carbocycles. The van der Waals surface area contributed by atoms with E-state index < -0.39 is 0 Å². The number of aromatic hydroxyl groups is 1. The molecule has 2 heteroatoms. The van der Waals surface area contributed by atoms with Gasteiger partial charge in [0.25, 0.3) is 0 Å². The zero-order valence-corrected chi connectivity index (χ0v) is 10.2. The molecule has 1 aromatic rings.